The Kier molecular flexibility index (Phi) is 4.86. The van der Waals surface area contributed by atoms with E-state index in [4.69, 9.17) is 11.6 Å². The third-order valence-electron chi connectivity index (χ3n) is 2.08. The monoisotopic (exact) mass is 315 g/mol. The van der Waals surface area contributed by atoms with E-state index in [0.29, 0.717) is 0 Å². The Hall–Kier alpha value is -1.50. The second-order valence-corrected chi connectivity index (χ2v) is 4.22. The molecule has 1 nitrogen and oxygen atoms in total. The molecule has 0 spiro atoms. The van der Waals surface area contributed by atoms with E-state index in [-0.39, 0.29) is 16.8 Å². The van der Waals surface area contributed by atoms with E-state index in [1.165, 1.54) is 24.3 Å². The fourth-order valence-electron chi connectivity index (χ4n) is 1.31. The lowest BCUT2D eigenvalue weighted by Crippen LogP contribution is -2.26. The van der Waals surface area contributed by atoms with E-state index in [1.807, 2.05) is 0 Å². The van der Waals surface area contributed by atoms with E-state index in [2.05, 4.69) is 4.99 Å². The zero-order valence-electron chi connectivity index (χ0n) is 9.98. The largest absolute Gasteiger partial charge is 0.421 e. The highest BCUT2D eigenvalue weighted by Gasteiger charge is 2.50. The first-order chi connectivity index (χ1) is 9.00. The van der Waals surface area contributed by atoms with Crippen LogP contribution in [0.5, 0.6) is 0 Å². The van der Waals surface area contributed by atoms with Crippen LogP contribution in [0.3, 0.4) is 0 Å². The average molecular weight is 316 g/mol. The van der Waals surface area contributed by atoms with Crippen molar-refractivity contribution in [2.24, 2.45) is 4.99 Å². The Bertz CT molecular complexity index is 526. The van der Waals surface area contributed by atoms with Gasteiger partial charge in [0.2, 0.25) is 0 Å². The third-order valence-corrected chi connectivity index (χ3v) is 2.31. The Balaban J connectivity index is 3.18. The molecular formula is C12H8ClF6N. The van der Waals surface area contributed by atoms with Gasteiger partial charge in [-0.3, -0.25) is 4.99 Å². The lowest BCUT2D eigenvalue weighted by molar-refractivity contribution is -0.171. The van der Waals surface area contributed by atoms with E-state index in [9.17, 15) is 26.3 Å². The van der Waals surface area contributed by atoms with Crippen LogP contribution in [0.25, 0.3) is 0 Å². The van der Waals surface area contributed by atoms with Crippen LogP contribution in [0.15, 0.2) is 40.9 Å². The van der Waals surface area contributed by atoms with E-state index < -0.39 is 23.6 Å². The van der Waals surface area contributed by atoms with Crippen molar-refractivity contribution in [3.8, 4) is 0 Å². The van der Waals surface area contributed by atoms with Gasteiger partial charge in [-0.15, -0.1) is 0 Å². The number of rotatable bonds is 2. The van der Waals surface area contributed by atoms with Gasteiger partial charge in [0, 0.05) is 10.7 Å². The normalized spacial score (nSPS) is 13.3. The van der Waals surface area contributed by atoms with Crippen molar-refractivity contribution < 1.29 is 26.3 Å². The minimum absolute atomic E-state index is 0.0408. The van der Waals surface area contributed by atoms with Gasteiger partial charge in [0.25, 0.3) is 0 Å². The molecule has 0 aliphatic carbocycles. The molecule has 0 atom stereocenters. The molecule has 0 saturated heterocycles. The molecule has 20 heavy (non-hydrogen) atoms. The highest BCUT2D eigenvalue weighted by atomic mass is 35.5. The van der Waals surface area contributed by atoms with Gasteiger partial charge < -0.3 is 0 Å². The summed E-state index contributed by atoms with van der Waals surface area (Å²) >= 11 is 5.63. The fraction of sp³-hybridized carbons (Fsp3) is 0.250. The average Bonchev–Trinajstić information content (AvgIpc) is 2.22. The minimum atomic E-state index is -5.50. The highest BCUT2D eigenvalue weighted by Crippen LogP contribution is 2.38. The molecule has 0 saturated carbocycles. The molecule has 8 heteroatoms. The molecule has 0 amide bonds. The van der Waals surface area contributed by atoms with Crippen LogP contribution in [0, 0.1) is 0 Å². The molecule has 0 aromatic heterocycles. The molecule has 0 aliphatic rings. The predicted molar refractivity (Wildman–Crippen MR) is 64.4 cm³/mol. The lowest BCUT2D eigenvalue weighted by Gasteiger charge is -2.14. The van der Waals surface area contributed by atoms with Gasteiger partial charge in [-0.1, -0.05) is 17.7 Å². The Morgan fingerprint density at radius 3 is 2.10 bits per heavy atom. The zero-order valence-corrected chi connectivity index (χ0v) is 10.7. The number of alkyl halides is 6. The fourth-order valence-corrected chi connectivity index (χ4v) is 1.50. The Labute approximate surface area is 115 Å². The summed E-state index contributed by atoms with van der Waals surface area (Å²) in [5.41, 5.74) is -2.87. The maximum atomic E-state index is 12.3. The molecule has 1 aromatic rings. The minimum Gasteiger partial charge on any atom is -0.254 e. The molecule has 0 N–H and O–H groups in total. The maximum absolute atomic E-state index is 12.3. The summed E-state index contributed by atoms with van der Waals surface area (Å²) in [6.07, 6.45) is -11.0. The number of allylic oxidation sites excluding steroid dienone is 2. The van der Waals surface area contributed by atoms with Crippen LogP contribution in [-0.4, -0.2) is 18.1 Å². The topological polar surface area (TPSA) is 12.4 Å². The first-order valence-electron chi connectivity index (χ1n) is 5.17. The number of halogens is 7. The van der Waals surface area contributed by atoms with Gasteiger partial charge >= 0.3 is 12.4 Å². The number of nitrogens with zero attached hydrogens (tertiary/aromatic N) is 1. The van der Waals surface area contributed by atoms with Crippen molar-refractivity contribution in [2.75, 3.05) is 0 Å². The van der Waals surface area contributed by atoms with E-state index in [1.54, 1.807) is 0 Å². The second-order valence-electron chi connectivity index (χ2n) is 3.79. The number of benzene rings is 1. The summed E-state index contributed by atoms with van der Waals surface area (Å²) in [5, 5.41) is 0.273. The van der Waals surface area contributed by atoms with Crippen molar-refractivity contribution in [3.63, 3.8) is 0 Å². The summed E-state index contributed by atoms with van der Waals surface area (Å²) in [7, 11) is 0. The summed E-state index contributed by atoms with van der Waals surface area (Å²) in [5.74, 6) is 0. The smallest absolute Gasteiger partial charge is 0.254 e. The van der Waals surface area contributed by atoms with Gasteiger partial charge in [-0.25, -0.2) is 0 Å². The second kappa shape index (κ2) is 5.87. The summed E-state index contributed by atoms with van der Waals surface area (Å²) in [4.78, 5) is 3.64. The van der Waals surface area contributed by atoms with E-state index >= 15 is 0 Å². The van der Waals surface area contributed by atoms with Crippen LogP contribution in [0.2, 0.25) is 5.02 Å². The molecule has 0 aliphatic heterocycles. The number of aliphatic imine (C=N–C) groups is 1. The van der Waals surface area contributed by atoms with Crippen LogP contribution < -0.4 is 0 Å². The van der Waals surface area contributed by atoms with Gasteiger partial charge in [0.1, 0.15) is 5.57 Å². The maximum Gasteiger partial charge on any atom is 0.421 e. The van der Waals surface area contributed by atoms with E-state index in [0.717, 1.165) is 6.92 Å². The first-order valence-corrected chi connectivity index (χ1v) is 5.55. The van der Waals surface area contributed by atoms with Crippen LogP contribution in [-0.2, 0) is 0 Å². The molecule has 1 rings (SSSR count). The number of hydrogen-bond acceptors (Lipinski definition) is 1. The molecule has 0 heterocycles. The van der Waals surface area contributed by atoms with Crippen LogP contribution in [0.1, 0.15) is 6.92 Å². The van der Waals surface area contributed by atoms with Gasteiger partial charge in [0.05, 0.1) is 5.69 Å². The zero-order chi connectivity index (χ0) is 15.6. The highest BCUT2D eigenvalue weighted by molar-refractivity contribution is 6.30. The lowest BCUT2D eigenvalue weighted by atomic mass is 10.2. The quantitative estimate of drug-likeness (QED) is 0.506. The van der Waals surface area contributed by atoms with Crippen molar-refractivity contribution in [3.05, 3.63) is 40.9 Å². The molecule has 1 aromatic carbocycles. The van der Waals surface area contributed by atoms with Gasteiger partial charge in [-0.2, -0.15) is 26.3 Å². The molecule has 0 unspecified atom stereocenters. The third kappa shape index (κ3) is 4.88. The predicted octanol–water partition coefficient (Wildman–Crippen LogP) is 5.48. The standard InChI is InChI=1S/C12H8ClF6N/c1-7(20-9-4-2-3-8(13)6-9)5-10(11(14,15)16)12(17,18)19/h2-6H,1H3. The Morgan fingerprint density at radius 2 is 1.65 bits per heavy atom. The van der Waals surface area contributed by atoms with Crippen molar-refractivity contribution in [1.82, 2.24) is 0 Å². The van der Waals surface area contributed by atoms with Crippen molar-refractivity contribution >= 4 is 23.0 Å². The number of hydrogen-bond donors (Lipinski definition) is 0. The summed E-state index contributed by atoms with van der Waals surface area (Å²) in [6, 6.07) is 5.71. The molecular weight excluding hydrogens is 308 g/mol. The Morgan fingerprint density at radius 1 is 1.10 bits per heavy atom. The SMILES string of the molecule is CC(C=C(C(F)(F)F)C(F)(F)F)=Nc1cccc(Cl)c1. The molecule has 0 fully saturated rings. The van der Waals surface area contributed by atoms with Crippen LogP contribution >= 0.6 is 11.6 Å². The van der Waals surface area contributed by atoms with Crippen molar-refractivity contribution in [2.45, 2.75) is 19.3 Å². The molecule has 0 bridgehead atoms. The summed E-state index contributed by atoms with van der Waals surface area (Å²) < 4.78 is 73.9. The van der Waals surface area contributed by atoms with Gasteiger partial charge in [0.15, 0.2) is 0 Å². The molecule has 110 valence electrons. The van der Waals surface area contributed by atoms with Crippen molar-refractivity contribution in [1.29, 1.82) is 0 Å². The van der Waals surface area contributed by atoms with Crippen LogP contribution in [0.4, 0.5) is 32.0 Å². The molecule has 0 radical (unpaired) electrons. The summed E-state index contributed by atoms with van der Waals surface area (Å²) in [6.45, 7) is 1.04. The first kappa shape index (κ1) is 16.6. The van der Waals surface area contributed by atoms with Gasteiger partial charge in [-0.05, 0) is 31.2 Å².